The molecule has 3 aromatic rings. The average molecular weight is 224 g/mol. The summed E-state index contributed by atoms with van der Waals surface area (Å²) < 4.78 is 1.83. The highest BCUT2D eigenvalue weighted by atomic mass is 15.3. The summed E-state index contributed by atoms with van der Waals surface area (Å²) in [5.41, 5.74) is 8.53. The first-order valence-electron chi connectivity index (χ1n) is 5.43. The van der Waals surface area contributed by atoms with Gasteiger partial charge < -0.3 is 5.73 Å². The Morgan fingerprint density at radius 1 is 1.18 bits per heavy atom. The van der Waals surface area contributed by atoms with Crippen LogP contribution >= 0.6 is 0 Å². The van der Waals surface area contributed by atoms with Gasteiger partial charge >= 0.3 is 0 Å². The first-order valence-corrected chi connectivity index (χ1v) is 5.43. The molecule has 0 aliphatic rings. The lowest BCUT2D eigenvalue weighted by molar-refractivity contribution is 0.690. The number of benzene rings is 1. The molecule has 0 amide bonds. The fraction of sp³-hybridized carbons (Fsp3) is 0.0769. The van der Waals surface area contributed by atoms with Crippen molar-refractivity contribution in [2.45, 2.75) is 6.54 Å². The summed E-state index contributed by atoms with van der Waals surface area (Å²) in [7, 11) is 0. The zero-order valence-electron chi connectivity index (χ0n) is 9.24. The molecule has 0 saturated heterocycles. The number of nitrogens with two attached hydrogens (primary N) is 1. The molecule has 2 heterocycles. The van der Waals surface area contributed by atoms with Crippen LogP contribution < -0.4 is 5.73 Å². The lowest BCUT2D eigenvalue weighted by atomic mass is 10.1. The maximum atomic E-state index is 5.65. The Bertz CT molecular complexity index is 652. The highest BCUT2D eigenvalue weighted by Crippen LogP contribution is 2.17. The summed E-state index contributed by atoms with van der Waals surface area (Å²) in [5.74, 6) is 0. The second-order valence-corrected chi connectivity index (χ2v) is 3.96. The molecule has 2 aromatic heterocycles. The quantitative estimate of drug-likeness (QED) is 0.724. The van der Waals surface area contributed by atoms with Gasteiger partial charge in [0.15, 0.2) is 0 Å². The Labute approximate surface area is 98.7 Å². The third-order valence-electron chi connectivity index (χ3n) is 2.72. The number of fused-ring (bicyclic) bond motifs is 1. The fourth-order valence-corrected chi connectivity index (χ4v) is 1.93. The Kier molecular flexibility index (Phi) is 2.26. The van der Waals surface area contributed by atoms with Crippen LogP contribution in [0.3, 0.4) is 0 Å². The van der Waals surface area contributed by atoms with E-state index in [1.165, 1.54) is 5.56 Å². The van der Waals surface area contributed by atoms with E-state index in [2.05, 4.69) is 16.1 Å². The summed E-state index contributed by atoms with van der Waals surface area (Å²) in [6, 6.07) is 10.1. The van der Waals surface area contributed by atoms with E-state index in [0.29, 0.717) is 12.2 Å². The van der Waals surface area contributed by atoms with Crippen molar-refractivity contribution in [3.8, 4) is 0 Å². The molecular weight excluding hydrogens is 212 g/mol. The number of nitrogens with zero attached hydrogens (tertiary/aromatic N) is 3. The van der Waals surface area contributed by atoms with Crippen molar-refractivity contribution >= 4 is 16.6 Å². The largest absolute Gasteiger partial charge is 0.396 e. The van der Waals surface area contributed by atoms with Gasteiger partial charge in [-0.25, -0.2) is 0 Å². The van der Waals surface area contributed by atoms with Crippen molar-refractivity contribution in [3.63, 3.8) is 0 Å². The van der Waals surface area contributed by atoms with Crippen molar-refractivity contribution in [1.29, 1.82) is 0 Å². The fourth-order valence-electron chi connectivity index (χ4n) is 1.93. The lowest BCUT2D eigenvalue weighted by Crippen LogP contribution is -2.01. The van der Waals surface area contributed by atoms with Gasteiger partial charge in [-0.05, 0) is 17.7 Å². The SMILES string of the molecule is Nc1cnn(Cc2ccnc3ccccc23)c1. The molecule has 0 aliphatic carbocycles. The van der Waals surface area contributed by atoms with Crippen LogP contribution in [-0.2, 0) is 6.54 Å². The minimum absolute atomic E-state index is 0.684. The minimum atomic E-state index is 0.684. The topological polar surface area (TPSA) is 56.7 Å². The number of para-hydroxylation sites is 1. The maximum absolute atomic E-state index is 5.65. The summed E-state index contributed by atoms with van der Waals surface area (Å²) in [4.78, 5) is 4.33. The molecule has 4 nitrogen and oxygen atoms in total. The number of rotatable bonds is 2. The maximum Gasteiger partial charge on any atom is 0.0719 e. The average Bonchev–Trinajstić information content (AvgIpc) is 2.75. The summed E-state index contributed by atoms with van der Waals surface area (Å²) >= 11 is 0. The third-order valence-corrected chi connectivity index (χ3v) is 2.72. The molecule has 3 rings (SSSR count). The van der Waals surface area contributed by atoms with E-state index < -0.39 is 0 Å². The molecule has 0 spiro atoms. The first kappa shape index (κ1) is 9.84. The van der Waals surface area contributed by atoms with Crippen LogP contribution in [0.5, 0.6) is 0 Å². The van der Waals surface area contributed by atoms with Gasteiger partial charge in [-0.3, -0.25) is 9.67 Å². The molecule has 1 aromatic carbocycles. The monoisotopic (exact) mass is 224 g/mol. The second-order valence-electron chi connectivity index (χ2n) is 3.96. The van der Waals surface area contributed by atoms with E-state index in [1.807, 2.05) is 41.3 Å². The van der Waals surface area contributed by atoms with E-state index in [-0.39, 0.29) is 0 Å². The molecule has 0 atom stereocenters. The predicted octanol–water partition coefficient (Wildman–Crippen LogP) is 2.06. The van der Waals surface area contributed by atoms with Crippen LogP contribution in [0.25, 0.3) is 10.9 Å². The molecule has 0 bridgehead atoms. The van der Waals surface area contributed by atoms with Crippen molar-refractivity contribution in [3.05, 3.63) is 54.5 Å². The molecule has 0 saturated carbocycles. The van der Waals surface area contributed by atoms with Gasteiger partial charge in [0, 0.05) is 17.8 Å². The van der Waals surface area contributed by atoms with Crippen LogP contribution in [0, 0.1) is 0 Å². The highest BCUT2D eigenvalue weighted by Gasteiger charge is 2.02. The Morgan fingerprint density at radius 2 is 2.06 bits per heavy atom. The number of nitrogen functional groups attached to an aromatic ring is 1. The molecule has 2 N–H and O–H groups in total. The zero-order valence-corrected chi connectivity index (χ0v) is 9.24. The van der Waals surface area contributed by atoms with Crippen LogP contribution in [-0.4, -0.2) is 14.8 Å². The van der Waals surface area contributed by atoms with Gasteiger partial charge in [0.1, 0.15) is 0 Å². The van der Waals surface area contributed by atoms with Crippen molar-refractivity contribution in [2.24, 2.45) is 0 Å². The second kappa shape index (κ2) is 3.90. The van der Waals surface area contributed by atoms with Gasteiger partial charge in [-0.1, -0.05) is 18.2 Å². The summed E-state index contributed by atoms with van der Waals surface area (Å²) in [5, 5.41) is 5.35. The van der Waals surface area contributed by atoms with E-state index >= 15 is 0 Å². The number of hydrogen-bond donors (Lipinski definition) is 1. The van der Waals surface area contributed by atoms with E-state index in [9.17, 15) is 0 Å². The molecule has 0 radical (unpaired) electrons. The molecule has 4 heteroatoms. The van der Waals surface area contributed by atoms with Gasteiger partial charge in [-0.15, -0.1) is 0 Å². The van der Waals surface area contributed by atoms with Gasteiger partial charge in [0.25, 0.3) is 0 Å². The van der Waals surface area contributed by atoms with E-state index in [4.69, 9.17) is 5.73 Å². The predicted molar refractivity (Wildman–Crippen MR) is 67.5 cm³/mol. The normalized spacial score (nSPS) is 10.8. The van der Waals surface area contributed by atoms with Crippen LogP contribution in [0.1, 0.15) is 5.56 Å². The zero-order chi connectivity index (χ0) is 11.7. The van der Waals surface area contributed by atoms with Gasteiger partial charge in [0.05, 0.1) is 23.9 Å². The van der Waals surface area contributed by atoms with Crippen LogP contribution in [0.4, 0.5) is 5.69 Å². The molecule has 0 unspecified atom stereocenters. The van der Waals surface area contributed by atoms with E-state index in [1.54, 1.807) is 6.20 Å². The summed E-state index contributed by atoms with van der Waals surface area (Å²) in [6.07, 6.45) is 5.31. The van der Waals surface area contributed by atoms with Gasteiger partial charge in [0.2, 0.25) is 0 Å². The minimum Gasteiger partial charge on any atom is -0.396 e. The Morgan fingerprint density at radius 3 is 2.88 bits per heavy atom. The van der Waals surface area contributed by atoms with Crippen molar-refractivity contribution in [1.82, 2.24) is 14.8 Å². The Balaban J connectivity index is 2.05. The summed E-state index contributed by atoms with van der Waals surface area (Å²) in [6.45, 7) is 0.709. The number of anilines is 1. The lowest BCUT2D eigenvalue weighted by Gasteiger charge is -2.05. The molecule has 17 heavy (non-hydrogen) atoms. The van der Waals surface area contributed by atoms with E-state index in [0.717, 1.165) is 10.9 Å². The number of pyridine rings is 1. The molecular formula is C13H12N4. The standard InChI is InChI=1S/C13H12N4/c14-11-7-16-17(9-11)8-10-5-6-15-13-4-2-1-3-12(10)13/h1-7,9H,8,14H2. The number of aromatic nitrogens is 3. The van der Waals surface area contributed by atoms with Crippen LogP contribution in [0.15, 0.2) is 48.9 Å². The highest BCUT2D eigenvalue weighted by molar-refractivity contribution is 5.81. The molecule has 84 valence electrons. The van der Waals surface area contributed by atoms with Gasteiger partial charge in [-0.2, -0.15) is 5.10 Å². The first-order chi connectivity index (χ1) is 8.33. The third kappa shape index (κ3) is 1.85. The van der Waals surface area contributed by atoms with Crippen molar-refractivity contribution < 1.29 is 0 Å². The molecule has 0 fully saturated rings. The van der Waals surface area contributed by atoms with Crippen molar-refractivity contribution in [2.75, 3.05) is 5.73 Å². The smallest absolute Gasteiger partial charge is 0.0719 e. The number of hydrogen-bond acceptors (Lipinski definition) is 3. The molecule has 0 aliphatic heterocycles. The van der Waals surface area contributed by atoms with Crippen LogP contribution in [0.2, 0.25) is 0 Å². The Hall–Kier alpha value is -2.36.